The van der Waals surface area contributed by atoms with Crippen LogP contribution in [0.5, 0.6) is 0 Å². The lowest BCUT2D eigenvalue weighted by molar-refractivity contribution is -0.120. The maximum Gasteiger partial charge on any atom is 0.238 e. The summed E-state index contributed by atoms with van der Waals surface area (Å²) >= 11 is 3.22. The van der Waals surface area contributed by atoms with Gasteiger partial charge in [-0.05, 0) is 31.0 Å². The summed E-state index contributed by atoms with van der Waals surface area (Å²) in [5.41, 5.74) is 0.345. The number of amides is 1. The van der Waals surface area contributed by atoms with Crippen LogP contribution in [-0.2, 0) is 4.79 Å². The van der Waals surface area contributed by atoms with Crippen LogP contribution in [0.25, 0.3) is 0 Å². The predicted molar refractivity (Wildman–Crippen MR) is 93.0 cm³/mol. The molecular weight excluding hydrogens is 361 g/mol. The minimum absolute atomic E-state index is 0.103. The molecule has 1 aromatic carbocycles. The van der Waals surface area contributed by atoms with Gasteiger partial charge < -0.3 is 10.6 Å². The highest BCUT2D eigenvalue weighted by Gasteiger charge is 2.40. The number of anilines is 1. The number of carbonyl (C=O) groups is 1. The smallest absolute Gasteiger partial charge is 0.238 e. The Balaban J connectivity index is 1.65. The molecule has 1 spiro atoms. The van der Waals surface area contributed by atoms with E-state index in [9.17, 15) is 9.18 Å². The summed E-state index contributed by atoms with van der Waals surface area (Å²) in [4.78, 5) is 14.7. The number of rotatable bonds is 3. The van der Waals surface area contributed by atoms with Gasteiger partial charge in [0.25, 0.3) is 0 Å². The van der Waals surface area contributed by atoms with Crippen LogP contribution in [0.3, 0.4) is 0 Å². The molecule has 4 nitrogen and oxygen atoms in total. The first-order valence-electron chi connectivity index (χ1n) is 8.30. The van der Waals surface area contributed by atoms with Crippen LogP contribution in [0.1, 0.15) is 32.1 Å². The van der Waals surface area contributed by atoms with Crippen molar-refractivity contribution in [3.63, 3.8) is 0 Å². The molecule has 126 valence electrons. The van der Waals surface area contributed by atoms with Crippen molar-refractivity contribution in [2.45, 2.75) is 37.6 Å². The lowest BCUT2D eigenvalue weighted by atomic mass is 9.79. The molecule has 23 heavy (non-hydrogen) atoms. The summed E-state index contributed by atoms with van der Waals surface area (Å²) in [5.74, 6) is -0.557. The number of benzene rings is 1. The topological polar surface area (TPSA) is 44.4 Å². The molecule has 0 atom stereocenters. The largest absolute Gasteiger partial charge is 0.322 e. The van der Waals surface area contributed by atoms with Crippen LogP contribution in [-0.4, -0.2) is 42.5 Å². The van der Waals surface area contributed by atoms with Crippen molar-refractivity contribution in [3.8, 4) is 0 Å². The summed E-state index contributed by atoms with van der Waals surface area (Å²) in [6.45, 7) is 3.06. The Hall–Kier alpha value is -0.980. The second-order valence-electron chi connectivity index (χ2n) is 6.56. The van der Waals surface area contributed by atoms with E-state index in [4.69, 9.17) is 0 Å². The van der Waals surface area contributed by atoms with Crippen LogP contribution in [0, 0.1) is 5.82 Å². The Bertz CT molecular complexity index is 567. The second kappa shape index (κ2) is 7.28. The van der Waals surface area contributed by atoms with E-state index in [-0.39, 0.29) is 17.1 Å². The van der Waals surface area contributed by atoms with Crippen molar-refractivity contribution >= 4 is 27.5 Å². The molecule has 2 aliphatic rings. The fourth-order valence-electron chi connectivity index (χ4n) is 3.79. The fourth-order valence-corrected chi connectivity index (χ4v) is 4.12. The van der Waals surface area contributed by atoms with Crippen LogP contribution in [0.15, 0.2) is 22.7 Å². The lowest BCUT2D eigenvalue weighted by Gasteiger charge is -2.49. The average molecular weight is 384 g/mol. The Morgan fingerprint density at radius 2 is 2.13 bits per heavy atom. The third kappa shape index (κ3) is 3.92. The molecular formula is C17H23BrFN3O. The standard InChI is InChI=1S/C17H23BrFN3O/c18-13-4-5-15(14(19)10-13)21-16(23)11-22-9-8-20-12-17(22)6-2-1-3-7-17/h4-5,10,20H,1-3,6-9,11-12H2,(H,21,23). The summed E-state index contributed by atoms with van der Waals surface area (Å²) in [6.07, 6.45) is 6.01. The summed E-state index contributed by atoms with van der Waals surface area (Å²) < 4.78 is 14.5. The number of nitrogens with zero attached hydrogens (tertiary/aromatic N) is 1. The first kappa shape index (κ1) is 16.9. The minimum Gasteiger partial charge on any atom is -0.322 e. The van der Waals surface area contributed by atoms with E-state index < -0.39 is 5.82 Å². The molecule has 1 saturated carbocycles. The first-order chi connectivity index (χ1) is 11.1. The van der Waals surface area contributed by atoms with Crippen molar-refractivity contribution in [2.24, 2.45) is 0 Å². The summed E-state index contributed by atoms with van der Waals surface area (Å²) in [7, 11) is 0. The van der Waals surface area contributed by atoms with E-state index in [0.717, 1.165) is 32.5 Å². The van der Waals surface area contributed by atoms with Crippen molar-refractivity contribution in [1.82, 2.24) is 10.2 Å². The van der Waals surface area contributed by atoms with Gasteiger partial charge in [-0.25, -0.2) is 4.39 Å². The molecule has 1 aromatic rings. The molecule has 1 aliphatic heterocycles. The van der Waals surface area contributed by atoms with E-state index in [2.05, 4.69) is 31.5 Å². The number of halogens is 2. The van der Waals surface area contributed by atoms with Gasteiger partial charge >= 0.3 is 0 Å². The van der Waals surface area contributed by atoms with Gasteiger partial charge in [0, 0.05) is 29.6 Å². The van der Waals surface area contributed by atoms with Crippen LogP contribution < -0.4 is 10.6 Å². The molecule has 1 heterocycles. The molecule has 0 bridgehead atoms. The Labute approximate surface area is 144 Å². The second-order valence-corrected chi connectivity index (χ2v) is 7.47. The Morgan fingerprint density at radius 1 is 1.35 bits per heavy atom. The van der Waals surface area contributed by atoms with E-state index >= 15 is 0 Å². The molecule has 0 aromatic heterocycles. The lowest BCUT2D eigenvalue weighted by Crippen LogP contribution is -2.63. The number of hydrogen-bond acceptors (Lipinski definition) is 3. The zero-order valence-corrected chi connectivity index (χ0v) is 14.8. The molecule has 1 saturated heterocycles. The Kier molecular flexibility index (Phi) is 5.34. The summed E-state index contributed by atoms with van der Waals surface area (Å²) in [6, 6.07) is 4.68. The molecule has 2 fully saturated rings. The predicted octanol–water partition coefficient (Wildman–Crippen LogP) is 3.13. The fraction of sp³-hybridized carbons (Fsp3) is 0.588. The average Bonchev–Trinajstić information content (AvgIpc) is 2.53. The Morgan fingerprint density at radius 3 is 2.87 bits per heavy atom. The molecule has 2 N–H and O–H groups in total. The van der Waals surface area contributed by atoms with Crippen molar-refractivity contribution < 1.29 is 9.18 Å². The van der Waals surface area contributed by atoms with Gasteiger partial charge in [-0.1, -0.05) is 35.2 Å². The molecule has 0 radical (unpaired) electrons. The third-order valence-electron chi connectivity index (χ3n) is 5.01. The zero-order chi connectivity index (χ0) is 16.3. The van der Waals surface area contributed by atoms with Crippen molar-refractivity contribution in [1.29, 1.82) is 0 Å². The van der Waals surface area contributed by atoms with Crippen molar-refractivity contribution in [2.75, 3.05) is 31.5 Å². The molecule has 6 heteroatoms. The van der Waals surface area contributed by atoms with Gasteiger partial charge in [-0.3, -0.25) is 9.69 Å². The number of nitrogens with one attached hydrogen (secondary N) is 2. The quantitative estimate of drug-likeness (QED) is 0.842. The van der Waals surface area contributed by atoms with Gasteiger partial charge in [0.15, 0.2) is 0 Å². The molecule has 1 aliphatic carbocycles. The maximum atomic E-state index is 13.9. The summed E-state index contributed by atoms with van der Waals surface area (Å²) in [5, 5.41) is 6.18. The van der Waals surface area contributed by atoms with Gasteiger partial charge in [0.1, 0.15) is 5.82 Å². The van der Waals surface area contributed by atoms with Crippen molar-refractivity contribution in [3.05, 3.63) is 28.5 Å². The zero-order valence-electron chi connectivity index (χ0n) is 13.2. The van der Waals surface area contributed by atoms with Gasteiger partial charge in [0.2, 0.25) is 5.91 Å². The van der Waals surface area contributed by atoms with E-state index in [1.165, 1.54) is 25.3 Å². The SMILES string of the molecule is O=C(CN1CCNCC12CCCCC2)Nc1ccc(Br)cc1F. The highest BCUT2D eigenvalue weighted by Crippen LogP contribution is 2.34. The minimum atomic E-state index is -0.416. The maximum absolute atomic E-state index is 13.9. The number of piperazine rings is 1. The first-order valence-corrected chi connectivity index (χ1v) is 9.09. The third-order valence-corrected chi connectivity index (χ3v) is 5.50. The highest BCUT2D eigenvalue weighted by atomic mass is 79.9. The van der Waals surface area contributed by atoms with Crippen LogP contribution in [0.2, 0.25) is 0 Å². The van der Waals surface area contributed by atoms with Gasteiger partial charge in [-0.2, -0.15) is 0 Å². The van der Waals surface area contributed by atoms with E-state index in [1.807, 2.05) is 0 Å². The van der Waals surface area contributed by atoms with E-state index in [0.29, 0.717) is 11.0 Å². The highest BCUT2D eigenvalue weighted by molar-refractivity contribution is 9.10. The van der Waals surface area contributed by atoms with E-state index in [1.54, 1.807) is 12.1 Å². The molecule has 1 amide bonds. The van der Waals surface area contributed by atoms with Crippen LogP contribution in [0.4, 0.5) is 10.1 Å². The monoisotopic (exact) mass is 383 g/mol. The van der Waals surface area contributed by atoms with Gasteiger partial charge in [-0.15, -0.1) is 0 Å². The normalized spacial score (nSPS) is 21.3. The van der Waals surface area contributed by atoms with Gasteiger partial charge in [0.05, 0.1) is 12.2 Å². The number of carbonyl (C=O) groups excluding carboxylic acids is 1. The number of hydrogen-bond donors (Lipinski definition) is 2. The molecule has 3 rings (SSSR count). The van der Waals surface area contributed by atoms with Crippen LogP contribution >= 0.6 is 15.9 Å². The molecule has 0 unspecified atom stereocenters.